The van der Waals surface area contributed by atoms with Crippen molar-refractivity contribution < 1.29 is 17.9 Å². The molecule has 3 N–H and O–H groups in total. The lowest BCUT2D eigenvalue weighted by Crippen LogP contribution is -2.13. The molecule has 118 valence electrons. The van der Waals surface area contributed by atoms with Crippen molar-refractivity contribution in [2.45, 2.75) is 11.8 Å². The van der Waals surface area contributed by atoms with Crippen LogP contribution in [0.4, 0.5) is 11.4 Å². The van der Waals surface area contributed by atoms with Crippen LogP contribution < -0.4 is 19.9 Å². The zero-order chi connectivity index (χ0) is 16.2. The van der Waals surface area contributed by atoms with Gasteiger partial charge in [-0.25, -0.2) is 8.42 Å². The topological polar surface area (TPSA) is 90.7 Å². The summed E-state index contributed by atoms with van der Waals surface area (Å²) < 4.78 is 37.7. The lowest BCUT2D eigenvalue weighted by molar-refractivity contribution is 0.340. The van der Waals surface area contributed by atoms with Crippen LogP contribution in [0, 0.1) is 0 Å². The van der Waals surface area contributed by atoms with Gasteiger partial charge in [0.15, 0.2) is 0 Å². The van der Waals surface area contributed by atoms with Crippen LogP contribution in [0.2, 0.25) is 0 Å². The lowest BCUT2D eigenvalue weighted by Gasteiger charge is -2.12. The molecule has 2 aromatic rings. The molecule has 22 heavy (non-hydrogen) atoms. The van der Waals surface area contributed by atoms with Gasteiger partial charge in [-0.05, 0) is 43.3 Å². The Morgan fingerprint density at radius 3 is 2.41 bits per heavy atom. The van der Waals surface area contributed by atoms with Gasteiger partial charge in [0.1, 0.15) is 11.5 Å². The third kappa shape index (κ3) is 3.62. The Balaban J connectivity index is 2.27. The number of rotatable bonds is 6. The van der Waals surface area contributed by atoms with Gasteiger partial charge < -0.3 is 15.2 Å². The molecule has 0 radical (unpaired) electrons. The van der Waals surface area contributed by atoms with Crippen molar-refractivity contribution >= 4 is 21.4 Å². The molecule has 0 saturated heterocycles. The van der Waals surface area contributed by atoms with Crippen molar-refractivity contribution in [3.05, 3.63) is 42.5 Å². The minimum absolute atomic E-state index is 0.134. The molecule has 7 heteroatoms. The molecule has 2 rings (SSSR count). The maximum atomic E-state index is 12.4. The molecule has 0 spiro atoms. The van der Waals surface area contributed by atoms with Gasteiger partial charge in [0.05, 0.1) is 24.3 Å². The number of methoxy groups -OCH3 is 1. The SMILES string of the molecule is CCOc1ccc(S(=O)(=O)Nc2ccc(N)cc2OC)cc1. The van der Waals surface area contributed by atoms with E-state index < -0.39 is 10.0 Å². The number of hydrogen-bond donors (Lipinski definition) is 2. The molecular formula is C15H18N2O4S. The van der Waals surface area contributed by atoms with E-state index in [1.807, 2.05) is 6.92 Å². The molecular weight excluding hydrogens is 304 g/mol. The number of sulfonamides is 1. The average Bonchev–Trinajstić information content (AvgIpc) is 2.50. The summed E-state index contributed by atoms with van der Waals surface area (Å²) in [5.41, 5.74) is 6.46. The van der Waals surface area contributed by atoms with Gasteiger partial charge in [-0.3, -0.25) is 4.72 Å². The Bertz CT molecular complexity index is 743. The summed E-state index contributed by atoms with van der Waals surface area (Å²) in [6.45, 7) is 2.38. The standard InChI is InChI=1S/C15H18N2O4S/c1-3-21-12-5-7-13(8-6-12)22(18,19)17-14-9-4-11(16)10-15(14)20-2/h4-10,17H,3,16H2,1-2H3. The van der Waals surface area contributed by atoms with Crippen LogP contribution in [-0.4, -0.2) is 22.1 Å². The van der Waals surface area contributed by atoms with Crippen LogP contribution in [0.3, 0.4) is 0 Å². The highest BCUT2D eigenvalue weighted by atomic mass is 32.2. The van der Waals surface area contributed by atoms with E-state index in [0.29, 0.717) is 29.5 Å². The summed E-state index contributed by atoms with van der Waals surface area (Å²) in [5.74, 6) is 0.973. The van der Waals surface area contributed by atoms with Crippen LogP contribution in [-0.2, 0) is 10.0 Å². The normalized spacial score (nSPS) is 11.0. The van der Waals surface area contributed by atoms with Gasteiger partial charge in [-0.1, -0.05) is 0 Å². The number of benzene rings is 2. The summed E-state index contributed by atoms with van der Waals surface area (Å²) >= 11 is 0. The largest absolute Gasteiger partial charge is 0.494 e. The maximum absolute atomic E-state index is 12.4. The molecule has 6 nitrogen and oxygen atoms in total. The number of ether oxygens (including phenoxy) is 2. The first kappa shape index (κ1) is 16.0. The molecule has 0 bridgehead atoms. The van der Waals surface area contributed by atoms with Gasteiger partial charge in [0.25, 0.3) is 10.0 Å². The van der Waals surface area contributed by atoms with Gasteiger partial charge >= 0.3 is 0 Å². The third-order valence-electron chi connectivity index (χ3n) is 2.91. The zero-order valence-corrected chi connectivity index (χ0v) is 13.2. The van der Waals surface area contributed by atoms with E-state index in [1.165, 1.54) is 19.2 Å². The highest BCUT2D eigenvalue weighted by Crippen LogP contribution is 2.29. The van der Waals surface area contributed by atoms with Gasteiger partial charge in [-0.15, -0.1) is 0 Å². The van der Waals surface area contributed by atoms with E-state index in [-0.39, 0.29) is 4.90 Å². The van der Waals surface area contributed by atoms with Crippen LogP contribution >= 0.6 is 0 Å². The van der Waals surface area contributed by atoms with E-state index in [1.54, 1.807) is 30.3 Å². The number of hydrogen-bond acceptors (Lipinski definition) is 5. The van der Waals surface area contributed by atoms with Gasteiger partial charge in [0.2, 0.25) is 0 Å². The molecule has 0 unspecified atom stereocenters. The van der Waals surface area contributed by atoms with E-state index >= 15 is 0 Å². The van der Waals surface area contributed by atoms with Crippen molar-refractivity contribution in [3.63, 3.8) is 0 Å². The van der Waals surface area contributed by atoms with E-state index in [9.17, 15) is 8.42 Å². The van der Waals surface area contributed by atoms with Crippen LogP contribution in [0.1, 0.15) is 6.92 Å². The first-order chi connectivity index (χ1) is 10.5. The predicted octanol–water partition coefficient (Wildman–Crippen LogP) is 2.48. The molecule has 0 saturated carbocycles. The summed E-state index contributed by atoms with van der Waals surface area (Å²) in [6.07, 6.45) is 0. The monoisotopic (exact) mass is 322 g/mol. The predicted molar refractivity (Wildman–Crippen MR) is 85.8 cm³/mol. The maximum Gasteiger partial charge on any atom is 0.262 e. The number of anilines is 2. The van der Waals surface area contributed by atoms with Crippen molar-refractivity contribution in [2.75, 3.05) is 24.2 Å². The lowest BCUT2D eigenvalue weighted by atomic mass is 10.2. The fourth-order valence-corrected chi connectivity index (χ4v) is 2.95. The second-order valence-electron chi connectivity index (χ2n) is 4.47. The minimum atomic E-state index is -3.72. The second-order valence-corrected chi connectivity index (χ2v) is 6.15. The Kier molecular flexibility index (Phi) is 4.77. The first-order valence-corrected chi connectivity index (χ1v) is 8.14. The van der Waals surface area contributed by atoms with Crippen LogP contribution in [0.15, 0.2) is 47.4 Å². The Morgan fingerprint density at radius 1 is 1.14 bits per heavy atom. The van der Waals surface area contributed by atoms with Crippen LogP contribution in [0.5, 0.6) is 11.5 Å². The highest BCUT2D eigenvalue weighted by molar-refractivity contribution is 7.92. The molecule has 0 aliphatic rings. The molecule has 0 aromatic heterocycles. The Morgan fingerprint density at radius 2 is 1.82 bits per heavy atom. The van der Waals surface area contributed by atoms with E-state index in [4.69, 9.17) is 15.2 Å². The number of nitrogens with two attached hydrogens (primary N) is 1. The summed E-state index contributed by atoms with van der Waals surface area (Å²) in [6, 6.07) is 10.9. The number of nitrogens with one attached hydrogen (secondary N) is 1. The van der Waals surface area contributed by atoms with Crippen LogP contribution in [0.25, 0.3) is 0 Å². The number of nitrogen functional groups attached to an aromatic ring is 1. The Labute approximate surface area is 129 Å². The Hall–Kier alpha value is -2.41. The average molecular weight is 322 g/mol. The molecule has 2 aromatic carbocycles. The molecule has 0 amide bonds. The third-order valence-corrected chi connectivity index (χ3v) is 4.30. The molecule has 0 atom stereocenters. The molecule has 0 fully saturated rings. The fourth-order valence-electron chi connectivity index (χ4n) is 1.88. The van der Waals surface area contributed by atoms with Crippen molar-refractivity contribution in [1.82, 2.24) is 0 Å². The van der Waals surface area contributed by atoms with Crippen molar-refractivity contribution in [2.24, 2.45) is 0 Å². The van der Waals surface area contributed by atoms with Gasteiger partial charge in [0, 0.05) is 11.8 Å². The summed E-state index contributed by atoms with van der Waals surface area (Å²) in [7, 11) is -2.27. The van der Waals surface area contributed by atoms with Crippen molar-refractivity contribution in [3.8, 4) is 11.5 Å². The van der Waals surface area contributed by atoms with E-state index in [2.05, 4.69) is 4.72 Å². The molecule has 0 aliphatic heterocycles. The highest BCUT2D eigenvalue weighted by Gasteiger charge is 2.16. The summed E-state index contributed by atoms with van der Waals surface area (Å²) in [5, 5.41) is 0. The van der Waals surface area contributed by atoms with Crippen molar-refractivity contribution in [1.29, 1.82) is 0 Å². The fraction of sp³-hybridized carbons (Fsp3) is 0.200. The molecule has 0 aliphatic carbocycles. The minimum Gasteiger partial charge on any atom is -0.494 e. The van der Waals surface area contributed by atoms with E-state index in [0.717, 1.165) is 0 Å². The smallest absolute Gasteiger partial charge is 0.262 e. The molecule has 0 heterocycles. The second kappa shape index (κ2) is 6.57. The zero-order valence-electron chi connectivity index (χ0n) is 12.4. The summed E-state index contributed by atoms with van der Waals surface area (Å²) in [4.78, 5) is 0.134. The van der Waals surface area contributed by atoms with Gasteiger partial charge in [-0.2, -0.15) is 0 Å². The first-order valence-electron chi connectivity index (χ1n) is 6.65. The quantitative estimate of drug-likeness (QED) is 0.797.